The molecule has 25 heavy (non-hydrogen) atoms. The fourth-order valence-corrected chi connectivity index (χ4v) is 3.54. The fraction of sp³-hybridized carbons (Fsp3) is 0.0476. The predicted octanol–water partition coefficient (Wildman–Crippen LogP) is 4.84. The largest absolute Gasteiger partial charge is 0.363 e. The van der Waals surface area contributed by atoms with Crippen LogP contribution in [0.2, 0.25) is 0 Å². The van der Waals surface area contributed by atoms with Crippen molar-refractivity contribution in [2.75, 3.05) is 5.32 Å². The Morgan fingerprint density at radius 3 is 1.76 bits per heavy atom. The molecule has 0 radical (unpaired) electrons. The molecule has 0 atom stereocenters. The first-order valence-electron chi connectivity index (χ1n) is 7.91. The first-order valence-corrected chi connectivity index (χ1v) is 8.70. The highest BCUT2D eigenvalue weighted by atomic mass is 79.9. The number of hydrogen-bond donors (Lipinski definition) is 1. The van der Waals surface area contributed by atoms with Gasteiger partial charge in [-0.2, -0.15) is 0 Å². The van der Waals surface area contributed by atoms with Gasteiger partial charge in [0.05, 0.1) is 0 Å². The Hall–Kier alpha value is -2.72. The second-order valence-corrected chi connectivity index (χ2v) is 6.87. The summed E-state index contributed by atoms with van der Waals surface area (Å²) < 4.78 is 0.930. The number of carbonyl (C=O) groups excluding carboxylic acids is 2. The van der Waals surface area contributed by atoms with Gasteiger partial charge in [-0.25, -0.2) is 0 Å². The molecule has 0 unspecified atom stereocenters. The number of fused-ring (bicyclic) bond motifs is 1. The normalized spacial score (nSPS) is 15.1. The maximum Gasteiger partial charge on any atom is 0.201 e. The molecule has 4 heteroatoms. The van der Waals surface area contributed by atoms with Gasteiger partial charge in [-0.15, -0.1) is 0 Å². The molecule has 3 aromatic carbocycles. The molecule has 0 bridgehead atoms. The average Bonchev–Trinajstić information content (AvgIpc) is 2.87. The van der Waals surface area contributed by atoms with Gasteiger partial charge in [-0.3, -0.25) is 9.59 Å². The molecule has 0 amide bonds. The van der Waals surface area contributed by atoms with Crippen LogP contribution in [0.3, 0.4) is 0 Å². The number of anilines is 1. The van der Waals surface area contributed by atoms with Crippen LogP contribution in [0.1, 0.15) is 26.3 Å². The summed E-state index contributed by atoms with van der Waals surface area (Å²) in [6.45, 7) is 0. The second kappa shape index (κ2) is 5.97. The highest BCUT2D eigenvalue weighted by Gasteiger charge is 2.54. The van der Waals surface area contributed by atoms with E-state index in [9.17, 15) is 9.59 Å². The van der Waals surface area contributed by atoms with E-state index in [0.717, 1.165) is 4.47 Å². The van der Waals surface area contributed by atoms with E-state index in [4.69, 9.17) is 0 Å². The third-order valence-electron chi connectivity index (χ3n) is 4.48. The third-order valence-corrected chi connectivity index (χ3v) is 5.01. The Bertz CT molecular complexity index is 930. The standard InChI is InChI=1S/C21H14BrNO2/c22-15-10-12-16(13-11-15)23-21(14-6-2-1-3-7-14)19(24)17-8-4-5-9-18(17)20(21)25/h1-13,23H. The minimum Gasteiger partial charge on any atom is -0.363 e. The van der Waals surface area contributed by atoms with Gasteiger partial charge in [-0.05, 0) is 29.8 Å². The number of benzene rings is 3. The SMILES string of the molecule is O=C1c2ccccc2C(=O)C1(Nc1ccc(Br)cc1)c1ccccc1. The first kappa shape index (κ1) is 15.8. The van der Waals surface area contributed by atoms with Crippen molar-refractivity contribution in [3.8, 4) is 0 Å². The molecule has 0 aromatic heterocycles. The van der Waals surface area contributed by atoms with Crippen LogP contribution in [0.4, 0.5) is 5.69 Å². The van der Waals surface area contributed by atoms with Crippen LogP contribution in [0, 0.1) is 0 Å². The number of ketones is 2. The maximum absolute atomic E-state index is 13.3. The molecule has 1 aliphatic carbocycles. The first-order chi connectivity index (χ1) is 12.1. The van der Waals surface area contributed by atoms with Crippen molar-refractivity contribution in [1.82, 2.24) is 0 Å². The van der Waals surface area contributed by atoms with E-state index in [1.165, 1.54) is 0 Å². The molecule has 0 aliphatic heterocycles. The number of rotatable bonds is 3. The highest BCUT2D eigenvalue weighted by Crippen LogP contribution is 2.40. The van der Waals surface area contributed by atoms with E-state index in [-0.39, 0.29) is 11.6 Å². The van der Waals surface area contributed by atoms with E-state index in [1.54, 1.807) is 24.3 Å². The molecule has 0 heterocycles. The van der Waals surface area contributed by atoms with E-state index in [0.29, 0.717) is 22.4 Å². The molecule has 122 valence electrons. The van der Waals surface area contributed by atoms with Crippen LogP contribution >= 0.6 is 15.9 Å². The van der Waals surface area contributed by atoms with Gasteiger partial charge in [0.2, 0.25) is 11.6 Å². The van der Waals surface area contributed by atoms with Gasteiger partial charge in [0.1, 0.15) is 0 Å². The lowest BCUT2D eigenvalue weighted by Crippen LogP contribution is -2.46. The third kappa shape index (κ3) is 2.41. The molecule has 3 aromatic rings. The maximum atomic E-state index is 13.3. The van der Waals surface area contributed by atoms with Gasteiger partial charge < -0.3 is 5.32 Å². The van der Waals surface area contributed by atoms with Crippen LogP contribution in [0.25, 0.3) is 0 Å². The topological polar surface area (TPSA) is 46.2 Å². The minimum absolute atomic E-state index is 0.220. The van der Waals surface area contributed by atoms with E-state index in [2.05, 4.69) is 21.2 Å². The monoisotopic (exact) mass is 391 g/mol. The van der Waals surface area contributed by atoms with Crippen LogP contribution in [0.5, 0.6) is 0 Å². The van der Waals surface area contributed by atoms with Gasteiger partial charge in [0.15, 0.2) is 5.54 Å². The zero-order valence-electron chi connectivity index (χ0n) is 13.2. The predicted molar refractivity (Wildman–Crippen MR) is 101 cm³/mol. The lowest BCUT2D eigenvalue weighted by Gasteiger charge is -2.29. The van der Waals surface area contributed by atoms with Gasteiger partial charge in [-0.1, -0.05) is 70.5 Å². The Labute approximate surface area is 153 Å². The van der Waals surface area contributed by atoms with Crippen LogP contribution in [-0.2, 0) is 5.54 Å². The summed E-state index contributed by atoms with van der Waals surface area (Å²) in [4.78, 5) is 26.6. The minimum atomic E-state index is -1.43. The highest BCUT2D eigenvalue weighted by molar-refractivity contribution is 9.10. The van der Waals surface area contributed by atoms with Crippen molar-refractivity contribution in [3.63, 3.8) is 0 Å². The Morgan fingerprint density at radius 1 is 0.680 bits per heavy atom. The van der Waals surface area contributed by atoms with Crippen molar-refractivity contribution in [3.05, 3.63) is 100 Å². The van der Waals surface area contributed by atoms with Crippen LogP contribution in [-0.4, -0.2) is 11.6 Å². The molecule has 1 aliphatic rings. The summed E-state index contributed by atoms with van der Waals surface area (Å²) in [6, 6.07) is 23.6. The average molecular weight is 392 g/mol. The molecule has 0 saturated heterocycles. The van der Waals surface area contributed by atoms with E-state index < -0.39 is 5.54 Å². The number of Topliss-reactive ketones (excluding diaryl/α,β-unsaturated/α-hetero) is 2. The van der Waals surface area contributed by atoms with Crippen molar-refractivity contribution in [2.24, 2.45) is 0 Å². The number of hydrogen-bond acceptors (Lipinski definition) is 3. The summed E-state index contributed by atoms with van der Waals surface area (Å²) >= 11 is 3.40. The summed E-state index contributed by atoms with van der Waals surface area (Å²) in [5.41, 5.74) is 0.839. The van der Waals surface area contributed by atoms with Crippen molar-refractivity contribution in [2.45, 2.75) is 5.54 Å². The second-order valence-electron chi connectivity index (χ2n) is 5.95. The summed E-state index contributed by atoms with van der Waals surface area (Å²) in [5.74, 6) is -0.440. The number of carbonyl (C=O) groups is 2. The number of nitrogens with one attached hydrogen (secondary N) is 1. The van der Waals surface area contributed by atoms with E-state index in [1.807, 2.05) is 54.6 Å². The molecule has 3 nitrogen and oxygen atoms in total. The Kier molecular flexibility index (Phi) is 3.77. The van der Waals surface area contributed by atoms with Gasteiger partial charge >= 0.3 is 0 Å². The molecular weight excluding hydrogens is 378 g/mol. The fourth-order valence-electron chi connectivity index (χ4n) is 3.27. The van der Waals surface area contributed by atoms with Gasteiger partial charge in [0.25, 0.3) is 0 Å². The van der Waals surface area contributed by atoms with Crippen LogP contribution < -0.4 is 5.32 Å². The van der Waals surface area contributed by atoms with E-state index >= 15 is 0 Å². The van der Waals surface area contributed by atoms with Crippen molar-refractivity contribution >= 4 is 33.2 Å². The summed E-state index contributed by atoms with van der Waals surface area (Å²) in [6.07, 6.45) is 0. The molecule has 0 fully saturated rings. The quantitative estimate of drug-likeness (QED) is 0.649. The molecule has 0 spiro atoms. The van der Waals surface area contributed by atoms with Gasteiger partial charge in [0, 0.05) is 21.3 Å². The zero-order valence-corrected chi connectivity index (χ0v) is 14.8. The lowest BCUT2D eigenvalue weighted by molar-refractivity contribution is 0.0819. The number of halogens is 1. The summed E-state index contributed by atoms with van der Waals surface area (Å²) in [5, 5.41) is 3.22. The van der Waals surface area contributed by atoms with Crippen molar-refractivity contribution < 1.29 is 9.59 Å². The molecule has 1 N–H and O–H groups in total. The lowest BCUT2D eigenvalue weighted by atomic mass is 9.84. The van der Waals surface area contributed by atoms with Crippen LogP contribution in [0.15, 0.2) is 83.3 Å². The Balaban J connectivity index is 1.91. The molecule has 4 rings (SSSR count). The Morgan fingerprint density at radius 2 is 1.20 bits per heavy atom. The molecular formula is C21H14BrNO2. The smallest absolute Gasteiger partial charge is 0.201 e. The zero-order chi connectivity index (χ0) is 17.4. The summed E-state index contributed by atoms with van der Waals surface area (Å²) in [7, 11) is 0. The van der Waals surface area contributed by atoms with Crippen molar-refractivity contribution in [1.29, 1.82) is 0 Å². The molecule has 0 saturated carbocycles.